The molecule has 1 amide bonds. The van der Waals surface area contributed by atoms with Gasteiger partial charge in [0.1, 0.15) is 0 Å². The van der Waals surface area contributed by atoms with Gasteiger partial charge in [0.05, 0.1) is 5.75 Å². The van der Waals surface area contributed by atoms with Crippen LogP contribution in [0, 0.1) is 24.7 Å². The van der Waals surface area contributed by atoms with Crippen LogP contribution in [0.15, 0.2) is 53.4 Å². The quantitative estimate of drug-likeness (QED) is 0.615. The van der Waals surface area contributed by atoms with E-state index in [-0.39, 0.29) is 5.91 Å². The SMILES string of the molecule is Cc1ccc(SCC(=O)Nc2ccc(C34CC5CC(CC(C5)C3)C4)cc2)cc1. The standard InChI is InChI=1S/C25H29NOS/c1-17-2-8-23(9-3-17)28-16-24(27)26-22-6-4-21(5-7-22)25-13-18-10-19(14-25)12-20(11-18)15-25/h2-9,18-20H,10-16H2,1H3,(H,26,27). The Morgan fingerprint density at radius 2 is 1.50 bits per heavy atom. The van der Waals surface area contributed by atoms with Crippen LogP contribution < -0.4 is 5.32 Å². The fraction of sp³-hybridized carbons (Fsp3) is 0.480. The summed E-state index contributed by atoms with van der Waals surface area (Å²) in [6.07, 6.45) is 8.60. The lowest BCUT2D eigenvalue weighted by molar-refractivity contribution is -0.113. The summed E-state index contributed by atoms with van der Waals surface area (Å²) in [4.78, 5) is 13.5. The van der Waals surface area contributed by atoms with E-state index in [0.717, 1.165) is 28.3 Å². The smallest absolute Gasteiger partial charge is 0.234 e. The Bertz CT molecular complexity index is 820. The van der Waals surface area contributed by atoms with E-state index in [9.17, 15) is 4.79 Å². The molecule has 6 rings (SSSR count). The molecule has 0 saturated heterocycles. The van der Waals surface area contributed by atoms with Crippen LogP contribution in [0.3, 0.4) is 0 Å². The summed E-state index contributed by atoms with van der Waals surface area (Å²) in [7, 11) is 0. The predicted octanol–water partition coefficient (Wildman–Crippen LogP) is 6.19. The molecular formula is C25H29NOS. The minimum absolute atomic E-state index is 0.0631. The summed E-state index contributed by atoms with van der Waals surface area (Å²) >= 11 is 1.59. The van der Waals surface area contributed by atoms with Crippen LogP contribution in [0.2, 0.25) is 0 Å². The minimum Gasteiger partial charge on any atom is -0.325 e. The van der Waals surface area contributed by atoms with Crippen molar-refractivity contribution in [3.63, 3.8) is 0 Å². The van der Waals surface area contributed by atoms with Crippen molar-refractivity contribution < 1.29 is 4.79 Å². The molecule has 0 spiro atoms. The molecule has 4 bridgehead atoms. The number of thioether (sulfide) groups is 1. The summed E-state index contributed by atoms with van der Waals surface area (Å²) in [5, 5.41) is 3.06. The van der Waals surface area contributed by atoms with Crippen molar-refractivity contribution in [2.75, 3.05) is 11.1 Å². The van der Waals surface area contributed by atoms with Gasteiger partial charge in [-0.05, 0) is 98.4 Å². The maximum absolute atomic E-state index is 12.3. The third kappa shape index (κ3) is 3.61. The van der Waals surface area contributed by atoms with E-state index in [1.54, 1.807) is 11.8 Å². The Kier molecular flexibility index (Phi) is 4.74. The van der Waals surface area contributed by atoms with Crippen molar-refractivity contribution in [1.82, 2.24) is 0 Å². The first-order chi connectivity index (χ1) is 13.6. The number of carbonyl (C=O) groups is 1. The van der Waals surface area contributed by atoms with Crippen LogP contribution in [0.1, 0.15) is 49.7 Å². The Hall–Kier alpha value is -1.74. The molecular weight excluding hydrogens is 362 g/mol. The number of rotatable bonds is 5. The molecule has 0 heterocycles. The Labute approximate surface area is 172 Å². The van der Waals surface area contributed by atoms with E-state index in [1.165, 1.54) is 49.7 Å². The monoisotopic (exact) mass is 391 g/mol. The number of benzene rings is 2. The second kappa shape index (κ2) is 7.26. The van der Waals surface area contributed by atoms with Gasteiger partial charge in [0.15, 0.2) is 0 Å². The zero-order valence-corrected chi connectivity index (χ0v) is 17.4. The van der Waals surface area contributed by atoms with E-state index in [4.69, 9.17) is 0 Å². The number of hydrogen-bond donors (Lipinski definition) is 1. The summed E-state index contributed by atoms with van der Waals surface area (Å²) < 4.78 is 0. The number of nitrogens with one attached hydrogen (secondary N) is 1. The van der Waals surface area contributed by atoms with E-state index < -0.39 is 0 Å². The van der Waals surface area contributed by atoms with E-state index in [2.05, 4.69) is 60.8 Å². The highest BCUT2D eigenvalue weighted by Gasteiger charge is 2.51. The first kappa shape index (κ1) is 18.3. The van der Waals surface area contributed by atoms with Gasteiger partial charge >= 0.3 is 0 Å². The molecule has 3 heteroatoms. The van der Waals surface area contributed by atoms with Crippen molar-refractivity contribution in [3.8, 4) is 0 Å². The topological polar surface area (TPSA) is 29.1 Å². The fourth-order valence-corrected chi connectivity index (χ4v) is 7.05. The van der Waals surface area contributed by atoms with Crippen LogP contribution in [-0.2, 0) is 10.2 Å². The molecule has 0 atom stereocenters. The van der Waals surface area contributed by atoms with Crippen LogP contribution in [0.25, 0.3) is 0 Å². The highest BCUT2D eigenvalue weighted by Crippen LogP contribution is 2.60. The van der Waals surface area contributed by atoms with E-state index in [0.29, 0.717) is 11.2 Å². The van der Waals surface area contributed by atoms with Gasteiger partial charge in [-0.2, -0.15) is 0 Å². The Morgan fingerprint density at radius 1 is 0.929 bits per heavy atom. The Morgan fingerprint density at radius 3 is 2.07 bits per heavy atom. The largest absolute Gasteiger partial charge is 0.325 e. The number of amides is 1. The van der Waals surface area contributed by atoms with Crippen molar-refractivity contribution >= 4 is 23.4 Å². The van der Waals surface area contributed by atoms with Crippen LogP contribution in [-0.4, -0.2) is 11.7 Å². The highest BCUT2D eigenvalue weighted by molar-refractivity contribution is 8.00. The van der Waals surface area contributed by atoms with Gasteiger partial charge < -0.3 is 5.32 Å². The zero-order chi connectivity index (χ0) is 19.1. The molecule has 0 radical (unpaired) electrons. The molecule has 0 unspecified atom stereocenters. The number of aryl methyl sites for hydroxylation is 1. The molecule has 2 nitrogen and oxygen atoms in total. The molecule has 146 valence electrons. The van der Waals surface area contributed by atoms with Gasteiger partial charge in [0, 0.05) is 10.6 Å². The summed E-state index contributed by atoms with van der Waals surface area (Å²) in [5.41, 5.74) is 4.10. The lowest BCUT2D eigenvalue weighted by atomic mass is 9.48. The average Bonchev–Trinajstić information content (AvgIpc) is 2.67. The van der Waals surface area contributed by atoms with Crippen LogP contribution in [0.4, 0.5) is 5.69 Å². The lowest BCUT2D eigenvalue weighted by Crippen LogP contribution is -2.48. The molecule has 4 aliphatic carbocycles. The van der Waals surface area contributed by atoms with Gasteiger partial charge in [0.2, 0.25) is 5.91 Å². The normalized spacial score (nSPS) is 30.4. The Balaban J connectivity index is 1.21. The molecule has 2 aromatic carbocycles. The number of carbonyl (C=O) groups excluding carboxylic acids is 1. The van der Waals surface area contributed by atoms with E-state index >= 15 is 0 Å². The predicted molar refractivity (Wildman–Crippen MR) is 117 cm³/mol. The first-order valence-electron chi connectivity index (χ1n) is 10.7. The molecule has 4 saturated carbocycles. The number of anilines is 1. The second-order valence-electron chi connectivity index (χ2n) is 9.43. The van der Waals surface area contributed by atoms with Crippen LogP contribution >= 0.6 is 11.8 Å². The third-order valence-corrected chi connectivity index (χ3v) is 8.22. The van der Waals surface area contributed by atoms with Crippen molar-refractivity contribution in [3.05, 3.63) is 59.7 Å². The molecule has 2 aromatic rings. The summed E-state index contributed by atoms with van der Waals surface area (Å²) in [6.45, 7) is 2.08. The fourth-order valence-electron chi connectivity index (χ4n) is 6.35. The second-order valence-corrected chi connectivity index (χ2v) is 10.5. The maximum Gasteiger partial charge on any atom is 0.234 e. The van der Waals surface area contributed by atoms with Crippen molar-refractivity contribution in [2.24, 2.45) is 17.8 Å². The molecule has 0 aliphatic heterocycles. The van der Waals surface area contributed by atoms with Gasteiger partial charge in [-0.15, -0.1) is 11.8 Å². The number of hydrogen-bond acceptors (Lipinski definition) is 2. The van der Waals surface area contributed by atoms with E-state index in [1.807, 2.05) is 0 Å². The van der Waals surface area contributed by atoms with Crippen molar-refractivity contribution in [1.29, 1.82) is 0 Å². The molecule has 1 N–H and O–H groups in total. The van der Waals surface area contributed by atoms with Gasteiger partial charge in [-0.3, -0.25) is 4.79 Å². The molecule has 0 aromatic heterocycles. The summed E-state index contributed by atoms with van der Waals surface area (Å²) in [6, 6.07) is 17.1. The zero-order valence-electron chi connectivity index (χ0n) is 16.6. The van der Waals surface area contributed by atoms with Crippen LogP contribution in [0.5, 0.6) is 0 Å². The minimum atomic E-state index is 0.0631. The first-order valence-corrected chi connectivity index (χ1v) is 11.7. The highest BCUT2D eigenvalue weighted by atomic mass is 32.2. The molecule has 28 heavy (non-hydrogen) atoms. The third-order valence-electron chi connectivity index (χ3n) is 7.21. The van der Waals surface area contributed by atoms with Gasteiger partial charge in [-0.1, -0.05) is 29.8 Å². The van der Waals surface area contributed by atoms with Gasteiger partial charge in [-0.25, -0.2) is 0 Å². The maximum atomic E-state index is 12.3. The lowest BCUT2D eigenvalue weighted by Gasteiger charge is -2.57. The van der Waals surface area contributed by atoms with Gasteiger partial charge in [0.25, 0.3) is 0 Å². The average molecular weight is 392 g/mol. The molecule has 4 fully saturated rings. The van der Waals surface area contributed by atoms with Crippen molar-refractivity contribution in [2.45, 2.75) is 55.8 Å². The summed E-state index contributed by atoms with van der Waals surface area (Å²) in [5.74, 6) is 3.39. The molecule has 4 aliphatic rings.